The van der Waals surface area contributed by atoms with Crippen molar-refractivity contribution < 1.29 is 32.2 Å². The number of hydrogen-bond donors (Lipinski definition) is 2. The monoisotopic (exact) mass is 374 g/mol. The number of nitrogens with zero attached hydrogens (tertiary/aromatic N) is 1. The number of rotatable bonds is 7. The minimum absolute atomic E-state index is 0.0164. The van der Waals surface area contributed by atoms with Gasteiger partial charge in [0.15, 0.2) is 17.6 Å². The summed E-state index contributed by atoms with van der Waals surface area (Å²) in [7, 11) is -2.04. The van der Waals surface area contributed by atoms with Crippen LogP contribution in [0.15, 0.2) is 18.2 Å². The van der Waals surface area contributed by atoms with Crippen molar-refractivity contribution in [2.75, 3.05) is 26.0 Å². The average molecular weight is 374 g/mol. The second-order valence-electron chi connectivity index (χ2n) is 5.55. The van der Waals surface area contributed by atoms with Crippen LogP contribution >= 0.6 is 0 Å². The number of carbonyl (C=O) groups excluding carboxylic acids is 1. The molecule has 0 aliphatic carbocycles. The van der Waals surface area contributed by atoms with Gasteiger partial charge in [-0.15, -0.1) is 0 Å². The number of sulfonamides is 1. The summed E-state index contributed by atoms with van der Waals surface area (Å²) in [5.41, 5.74) is 0.0490. The molecule has 0 radical (unpaired) electrons. The maximum Gasteiger partial charge on any atom is 0.330 e. The van der Waals surface area contributed by atoms with Gasteiger partial charge in [0.25, 0.3) is 0 Å². The van der Waals surface area contributed by atoms with Gasteiger partial charge in [0.05, 0.1) is 12.9 Å². The van der Waals surface area contributed by atoms with E-state index in [9.17, 15) is 27.5 Å². The molecule has 25 heavy (non-hydrogen) atoms. The van der Waals surface area contributed by atoms with Gasteiger partial charge in [0.2, 0.25) is 15.9 Å². The van der Waals surface area contributed by atoms with Crippen LogP contribution in [0.25, 0.3) is 0 Å². The second-order valence-corrected chi connectivity index (χ2v) is 7.64. The van der Waals surface area contributed by atoms with Crippen molar-refractivity contribution >= 4 is 21.9 Å². The van der Waals surface area contributed by atoms with Gasteiger partial charge in [-0.25, -0.2) is 21.9 Å². The summed E-state index contributed by atoms with van der Waals surface area (Å²) in [5.74, 6) is -2.73. The largest absolute Gasteiger partial charge is 0.494 e. The van der Waals surface area contributed by atoms with E-state index >= 15 is 0 Å². The van der Waals surface area contributed by atoms with Gasteiger partial charge in [0.1, 0.15) is 0 Å². The molecule has 1 aromatic rings. The molecule has 1 heterocycles. The number of halogens is 1. The Balaban J connectivity index is 2.02. The van der Waals surface area contributed by atoms with Crippen LogP contribution in [-0.2, 0) is 19.6 Å². The summed E-state index contributed by atoms with van der Waals surface area (Å²) in [6.07, 6.45) is 0.328. The highest BCUT2D eigenvalue weighted by Crippen LogP contribution is 2.22. The van der Waals surface area contributed by atoms with Crippen LogP contribution < -0.4 is 10.1 Å². The molecule has 1 aliphatic rings. The van der Waals surface area contributed by atoms with E-state index in [1.54, 1.807) is 0 Å². The number of carboxylic acid groups (broad SMARTS) is 1. The summed E-state index contributed by atoms with van der Waals surface area (Å²) in [6.45, 7) is 0.332. The van der Waals surface area contributed by atoms with E-state index in [1.807, 2.05) is 0 Å². The number of nitrogens with one attached hydrogen (secondary N) is 1. The fourth-order valence-electron chi connectivity index (χ4n) is 2.55. The zero-order valence-corrected chi connectivity index (χ0v) is 14.4. The summed E-state index contributed by atoms with van der Waals surface area (Å²) in [6, 6.07) is 2.14. The van der Waals surface area contributed by atoms with Gasteiger partial charge in [0, 0.05) is 19.5 Å². The van der Waals surface area contributed by atoms with Crippen molar-refractivity contribution in [2.45, 2.75) is 18.9 Å². The lowest BCUT2D eigenvalue weighted by Gasteiger charge is -2.17. The first-order chi connectivity index (χ1) is 11.7. The fraction of sp³-hybridized carbons (Fsp3) is 0.467. The molecule has 2 rings (SSSR count). The first-order valence-electron chi connectivity index (χ1n) is 7.58. The maximum absolute atomic E-state index is 13.7. The number of aliphatic carboxylic acids is 1. The highest BCUT2D eigenvalue weighted by molar-refractivity contribution is 7.89. The molecule has 1 amide bonds. The highest BCUT2D eigenvalue weighted by Gasteiger charge is 2.29. The smallest absolute Gasteiger partial charge is 0.330 e. The van der Waals surface area contributed by atoms with E-state index in [4.69, 9.17) is 4.74 Å². The zero-order chi connectivity index (χ0) is 18.6. The van der Waals surface area contributed by atoms with E-state index in [1.165, 1.54) is 23.5 Å². The Morgan fingerprint density at radius 3 is 2.68 bits per heavy atom. The minimum Gasteiger partial charge on any atom is -0.494 e. The molecule has 2 N–H and O–H groups in total. The normalized spacial score (nSPS) is 17.8. The third-order valence-electron chi connectivity index (χ3n) is 3.85. The van der Waals surface area contributed by atoms with Crippen molar-refractivity contribution in [1.82, 2.24) is 9.62 Å². The lowest BCUT2D eigenvalue weighted by atomic mass is 10.1. The van der Waals surface area contributed by atoms with Crippen molar-refractivity contribution in [1.29, 1.82) is 0 Å². The van der Waals surface area contributed by atoms with Crippen molar-refractivity contribution in [3.05, 3.63) is 29.6 Å². The van der Waals surface area contributed by atoms with Gasteiger partial charge >= 0.3 is 5.97 Å². The molecular weight excluding hydrogens is 355 g/mol. The van der Waals surface area contributed by atoms with Gasteiger partial charge in [-0.05, 0) is 24.1 Å². The molecule has 1 atom stereocenters. The number of carbonyl (C=O) groups is 2. The number of amides is 1. The van der Waals surface area contributed by atoms with E-state index in [0.717, 1.165) is 6.07 Å². The second kappa shape index (κ2) is 7.79. The molecule has 10 heteroatoms. The molecule has 138 valence electrons. The Kier molecular flexibility index (Phi) is 5.96. The number of carboxylic acids is 1. The van der Waals surface area contributed by atoms with E-state index in [-0.39, 0.29) is 30.0 Å². The predicted octanol–water partition coefficient (Wildman–Crippen LogP) is 0.502. The van der Waals surface area contributed by atoms with Crippen LogP contribution in [-0.4, -0.2) is 55.7 Å². The molecule has 1 saturated heterocycles. The molecule has 0 spiro atoms. The first kappa shape index (κ1) is 19.1. The number of methoxy groups -OCH3 is 1. The molecule has 8 nitrogen and oxygen atoms in total. The Labute approximate surface area is 144 Å². The average Bonchev–Trinajstić information content (AvgIpc) is 2.88. The van der Waals surface area contributed by atoms with Gasteiger partial charge in [-0.3, -0.25) is 4.79 Å². The lowest BCUT2D eigenvalue weighted by molar-refractivity contribution is -0.142. The summed E-state index contributed by atoms with van der Waals surface area (Å²) in [4.78, 5) is 23.4. The third kappa shape index (κ3) is 4.67. The molecule has 1 unspecified atom stereocenters. The zero-order valence-electron chi connectivity index (χ0n) is 13.6. The molecule has 0 bridgehead atoms. The first-order valence-corrected chi connectivity index (χ1v) is 9.19. The minimum atomic E-state index is -3.32. The molecular formula is C15H19FN2O6S. The van der Waals surface area contributed by atoms with E-state index < -0.39 is 33.8 Å². The Morgan fingerprint density at radius 1 is 1.44 bits per heavy atom. The summed E-state index contributed by atoms with van der Waals surface area (Å²) < 4.78 is 43.1. The molecule has 1 aromatic carbocycles. The standard InChI is InChI=1S/C15H19FN2O6S/c1-24-12-4-3-10(9-11(12)16)14(15(20)21)17-13(19)5-7-18-6-2-8-25(18,22)23/h3-4,9,14H,2,5-8H2,1H3,(H,17,19)(H,20,21). The van der Waals surface area contributed by atoms with Crippen molar-refractivity contribution in [3.63, 3.8) is 0 Å². The Bertz CT molecular complexity index is 767. The van der Waals surface area contributed by atoms with Crippen molar-refractivity contribution in [3.8, 4) is 5.75 Å². The van der Waals surface area contributed by atoms with Crippen LogP contribution in [0.5, 0.6) is 5.75 Å². The molecule has 0 saturated carbocycles. The predicted molar refractivity (Wildman–Crippen MR) is 86.1 cm³/mol. The van der Waals surface area contributed by atoms with Gasteiger partial charge < -0.3 is 15.2 Å². The van der Waals surface area contributed by atoms with Gasteiger partial charge in [-0.1, -0.05) is 6.07 Å². The van der Waals surface area contributed by atoms with Crippen LogP contribution in [0, 0.1) is 5.82 Å². The van der Waals surface area contributed by atoms with Crippen LogP contribution in [0.2, 0.25) is 0 Å². The topological polar surface area (TPSA) is 113 Å². The Hall–Kier alpha value is -2.20. The van der Waals surface area contributed by atoms with E-state index in [0.29, 0.717) is 13.0 Å². The van der Waals surface area contributed by atoms with E-state index in [2.05, 4.69) is 5.32 Å². The van der Waals surface area contributed by atoms with Crippen LogP contribution in [0.3, 0.4) is 0 Å². The fourth-order valence-corrected chi connectivity index (χ4v) is 4.08. The lowest BCUT2D eigenvalue weighted by Crippen LogP contribution is -2.36. The maximum atomic E-state index is 13.7. The third-order valence-corrected chi connectivity index (χ3v) is 5.81. The van der Waals surface area contributed by atoms with Crippen molar-refractivity contribution in [2.24, 2.45) is 0 Å². The molecule has 1 fully saturated rings. The summed E-state index contributed by atoms with van der Waals surface area (Å²) in [5, 5.41) is 11.6. The highest BCUT2D eigenvalue weighted by atomic mass is 32.2. The Morgan fingerprint density at radius 2 is 2.16 bits per heavy atom. The SMILES string of the molecule is COc1ccc(C(NC(=O)CCN2CCCS2(=O)=O)C(=O)O)cc1F. The van der Waals surface area contributed by atoms with Crippen LogP contribution in [0.1, 0.15) is 24.4 Å². The number of benzene rings is 1. The van der Waals surface area contributed by atoms with Crippen LogP contribution in [0.4, 0.5) is 4.39 Å². The number of ether oxygens (including phenoxy) is 1. The number of hydrogen-bond acceptors (Lipinski definition) is 5. The quantitative estimate of drug-likeness (QED) is 0.719. The molecule has 1 aliphatic heterocycles. The van der Waals surface area contributed by atoms with Gasteiger partial charge in [-0.2, -0.15) is 0 Å². The summed E-state index contributed by atoms with van der Waals surface area (Å²) >= 11 is 0. The molecule has 0 aromatic heterocycles.